The highest BCUT2D eigenvalue weighted by Gasteiger charge is 2.22. The second-order valence-electron chi connectivity index (χ2n) is 5.90. The number of anilines is 1. The highest BCUT2D eigenvalue weighted by molar-refractivity contribution is 7.98. The zero-order valence-electron chi connectivity index (χ0n) is 14.4. The van der Waals surface area contributed by atoms with Gasteiger partial charge in [-0.25, -0.2) is 4.79 Å². The maximum atomic E-state index is 12.3. The van der Waals surface area contributed by atoms with Gasteiger partial charge in [0.25, 0.3) is 0 Å². The van der Waals surface area contributed by atoms with Crippen LogP contribution in [0.3, 0.4) is 0 Å². The smallest absolute Gasteiger partial charge is 0.339 e. The maximum Gasteiger partial charge on any atom is 0.339 e. The summed E-state index contributed by atoms with van der Waals surface area (Å²) in [4.78, 5) is 38.7. The summed E-state index contributed by atoms with van der Waals surface area (Å²) in [7, 11) is 0. The first-order chi connectivity index (χ1) is 12.6. The van der Waals surface area contributed by atoms with E-state index in [0.29, 0.717) is 24.1 Å². The predicted molar refractivity (Wildman–Crippen MR) is 101 cm³/mol. The Hall–Kier alpha value is -2.60. The third-order valence-corrected chi connectivity index (χ3v) is 5.03. The third-order valence-electron chi connectivity index (χ3n) is 4.24. The van der Waals surface area contributed by atoms with Gasteiger partial charge in [0.15, 0.2) is 12.4 Å². The number of carbonyl (C=O) groups excluding carboxylic acids is 3. The lowest BCUT2D eigenvalue weighted by Gasteiger charge is -2.15. The lowest BCUT2D eigenvalue weighted by atomic mass is 10.1. The SMILES string of the molecule is CSc1ccccc1C(=O)OCC(=O)c1ccc(N2CCCC2=O)cc1. The van der Waals surface area contributed by atoms with E-state index in [2.05, 4.69) is 0 Å². The fourth-order valence-corrected chi connectivity index (χ4v) is 3.44. The summed E-state index contributed by atoms with van der Waals surface area (Å²) >= 11 is 1.45. The molecule has 1 amide bonds. The molecular weight excluding hydrogens is 350 g/mol. The first-order valence-electron chi connectivity index (χ1n) is 8.34. The van der Waals surface area contributed by atoms with Crippen molar-refractivity contribution in [1.82, 2.24) is 0 Å². The summed E-state index contributed by atoms with van der Waals surface area (Å²) < 4.78 is 5.17. The summed E-state index contributed by atoms with van der Waals surface area (Å²) in [6.45, 7) is 0.391. The molecule has 0 atom stereocenters. The number of hydrogen-bond acceptors (Lipinski definition) is 5. The first kappa shape index (κ1) is 18.2. The number of carbonyl (C=O) groups is 3. The van der Waals surface area contributed by atoms with Gasteiger partial charge in [0.05, 0.1) is 5.56 Å². The first-order valence-corrected chi connectivity index (χ1v) is 9.56. The Balaban J connectivity index is 1.61. The van der Waals surface area contributed by atoms with Gasteiger partial charge >= 0.3 is 5.97 Å². The molecule has 2 aromatic rings. The number of nitrogens with zero attached hydrogens (tertiary/aromatic N) is 1. The molecule has 2 aromatic carbocycles. The van der Waals surface area contributed by atoms with Gasteiger partial charge in [-0.15, -0.1) is 11.8 Å². The van der Waals surface area contributed by atoms with E-state index in [1.165, 1.54) is 11.8 Å². The van der Waals surface area contributed by atoms with E-state index in [0.717, 1.165) is 17.0 Å². The van der Waals surface area contributed by atoms with Crippen LogP contribution in [-0.4, -0.2) is 37.1 Å². The largest absolute Gasteiger partial charge is 0.454 e. The lowest BCUT2D eigenvalue weighted by Crippen LogP contribution is -2.23. The molecule has 0 bridgehead atoms. The van der Waals surface area contributed by atoms with Crippen molar-refractivity contribution >= 4 is 35.1 Å². The zero-order chi connectivity index (χ0) is 18.5. The highest BCUT2D eigenvalue weighted by atomic mass is 32.2. The van der Waals surface area contributed by atoms with Crippen LogP contribution in [-0.2, 0) is 9.53 Å². The van der Waals surface area contributed by atoms with Crippen LogP contribution in [0.2, 0.25) is 0 Å². The molecule has 1 aliphatic rings. The molecule has 0 spiro atoms. The molecule has 0 N–H and O–H groups in total. The van der Waals surface area contributed by atoms with Crippen LogP contribution in [0.1, 0.15) is 33.6 Å². The number of Topliss-reactive ketones (excluding diaryl/α,β-unsaturated/α-hetero) is 1. The van der Waals surface area contributed by atoms with Gasteiger partial charge in [0.2, 0.25) is 5.91 Å². The Morgan fingerprint density at radius 3 is 2.50 bits per heavy atom. The van der Waals surface area contributed by atoms with E-state index in [-0.39, 0.29) is 18.3 Å². The number of esters is 1. The van der Waals surface area contributed by atoms with Gasteiger partial charge in [-0.3, -0.25) is 9.59 Å². The molecule has 1 aliphatic heterocycles. The predicted octanol–water partition coefficient (Wildman–Crippen LogP) is 3.58. The second kappa shape index (κ2) is 8.19. The van der Waals surface area contributed by atoms with E-state index in [1.807, 2.05) is 18.4 Å². The van der Waals surface area contributed by atoms with E-state index < -0.39 is 5.97 Å². The quantitative estimate of drug-likeness (QED) is 0.442. The van der Waals surface area contributed by atoms with E-state index >= 15 is 0 Å². The van der Waals surface area contributed by atoms with Gasteiger partial charge in [0, 0.05) is 29.1 Å². The van der Waals surface area contributed by atoms with Crippen LogP contribution in [0.15, 0.2) is 53.4 Å². The number of ketones is 1. The van der Waals surface area contributed by atoms with Crippen LogP contribution >= 0.6 is 11.8 Å². The third kappa shape index (κ3) is 3.96. The highest BCUT2D eigenvalue weighted by Crippen LogP contribution is 2.22. The number of amides is 1. The molecule has 0 aromatic heterocycles. The number of rotatable bonds is 6. The molecule has 134 valence electrons. The molecule has 6 heteroatoms. The van der Waals surface area contributed by atoms with Crippen LogP contribution in [0.4, 0.5) is 5.69 Å². The minimum Gasteiger partial charge on any atom is -0.454 e. The van der Waals surface area contributed by atoms with Crippen LogP contribution in [0.5, 0.6) is 0 Å². The van der Waals surface area contributed by atoms with Crippen molar-refractivity contribution in [2.75, 3.05) is 24.3 Å². The summed E-state index contributed by atoms with van der Waals surface area (Å²) in [6.07, 6.45) is 3.30. The van der Waals surface area contributed by atoms with Crippen molar-refractivity contribution < 1.29 is 19.1 Å². The van der Waals surface area contributed by atoms with Gasteiger partial charge < -0.3 is 9.64 Å². The summed E-state index contributed by atoms with van der Waals surface area (Å²) in [5, 5.41) is 0. The minimum atomic E-state index is -0.511. The Labute approximate surface area is 156 Å². The van der Waals surface area contributed by atoms with Crippen LogP contribution in [0.25, 0.3) is 0 Å². The second-order valence-corrected chi connectivity index (χ2v) is 6.74. The molecule has 0 unspecified atom stereocenters. The Morgan fingerprint density at radius 1 is 1.12 bits per heavy atom. The van der Waals surface area contributed by atoms with Gasteiger partial charge in [-0.1, -0.05) is 12.1 Å². The summed E-state index contributed by atoms with van der Waals surface area (Å²) in [5.41, 5.74) is 1.69. The van der Waals surface area contributed by atoms with Crippen molar-refractivity contribution in [3.05, 3.63) is 59.7 Å². The zero-order valence-corrected chi connectivity index (χ0v) is 15.3. The molecule has 1 fully saturated rings. The lowest BCUT2D eigenvalue weighted by molar-refractivity contribution is -0.117. The monoisotopic (exact) mass is 369 g/mol. The topological polar surface area (TPSA) is 63.7 Å². The molecule has 3 rings (SSSR count). The molecule has 0 radical (unpaired) electrons. The average molecular weight is 369 g/mol. The summed E-state index contributed by atoms with van der Waals surface area (Å²) in [5.74, 6) is -0.688. The molecule has 5 nitrogen and oxygen atoms in total. The molecule has 1 saturated heterocycles. The number of thioether (sulfide) groups is 1. The molecule has 0 saturated carbocycles. The standard InChI is InChI=1S/C20H19NO4S/c1-26-18-6-3-2-5-16(18)20(24)25-13-17(22)14-8-10-15(11-9-14)21-12-4-7-19(21)23/h2-3,5-6,8-11H,4,7,12-13H2,1H3. The van der Waals surface area contributed by atoms with Gasteiger partial charge in [0.1, 0.15) is 0 Å². The van der Waals surface area contributed by atoms with Crippen molar-refractivity contribution in [2.45, 2.75) is 17.7 Å². The number of ether oxygens (including phenoxy) is 1. The molecular formula is C20H19NO4S. The van der Waals surface area contributed by atoms with Crippen molar-refractivity contribution in [3.8, 4) is 0 Å². The van der Waals surface area contributed by atoms with Gasteiger partial charge in [-0.05, 0) is 49.1 Å². The van der Waals surface area contributed by atoms with Crippen LogP contribution < -0.4 is 4.90 Å². The fraction of sp³-hybridized carbons (Fsp3) is 0.250. The molecule has 0 aliphatic carbocycles. The van der Waals surface area contributed by atoms with Crippen molar-refractivity contribution in [1.29, 1.82) is 0 Å². The molecule has 26 heavy (non-hydrogen) atoms. The Kier molecular flexibility index (Phi) is 5.73. The van der Waals surface area contributed by atoms with Crippen molar-refractivity contribution in [3.63, 3.8) is 0 Å². The Morgan fingerprint density at radius 2 is 1.85 bits per heavy atom. The summed E-state index contributed by atoms with van der Waals surface area (Å²) in [6, 6.07) is 13.9. The fourth-order valence-electron chi connectivity index (χ4n) is 2.85. The van der Waals surface area contributed by atoms with E-state index in [4.69, 9.17) is 4.74 Å². The van der Waals surface area contributed by atoms with E-state index in [9.17, 15) is 14.4 Å². The number of hydrogen-bond donors (Lipinski definition) is 0. The maximum absolute atomic E-state index is 12.3. The van der Waals surface area contributed by atoms with E-state index in [1.54, 1.807) is 41.3 Å². The number of benzene rings is 2. The normalized spacial score (nSPS) is 13.7. The molecule has 1 heterocycles. The van der Waals surface area contributed by atoms with Crippen molar-refractivity contribution in [2.24, 2.45) is 0 Å². The van der Waals surface area contributed by atoms with Gasteiger partial charge in [-0.2, -0.15) is 0 Å². The average Bonchev–Trinajstić information content (AvgIpc) is 3.11. The van der Waals surface area contributed by atoms with Crippen LogP contribution in [0, 0.1) is 0 Å². The minimum absolute atomic E-state index is 0.102. The Bertz CT molecular complexity index is 832.